The van der Waals surface area contributed by atoms with Gasteiger partial charge in [-0.05, 0) is 35.7 Å². The molecule has 4 heteroatoms. The number of carbonyl (C=O) groups excluding carboxylic acids is 1. The molecular weight excluding hydrogens is 330 g/mol. The number of hydrogen-bond donors (Lipinski definition) is 1. The molecule has 0 fully saturated rings. The Balaban J connectivity index is 1.84. The molecule has 0 aromatic heterocycles. The van der Waals surface area contributed by atoms with Crippen molar-refractivity contribution in [3.63, 3.8) is 0 Å². The Kier molecular flexibility index (Phi) is 4.08. The Bertz CT molecular complexity index is 684. The zero-order valence-corrected chi connectivity index (χ0v) is 13.1. The van der Waals surface area contributed by atoms with Gasteiger partial charge in [0.1, 0.15) is 0 Å². The molecule has 2 aromatic carbocycles. The maximum Gasteiger partial charge on any atom is 0.167 e. The van der Waals surface area contributed by atoms with Crippen LogP contribution in [-0.2, 0) is 11.2 Å². The van der Waals surface area contributed by atoms with Crippen LogP contribution in [0.15, 0.2) is 46.9 Å². The quantitative estimate of drug-likeness (QED) is 0.677. The number of fused-ring (bicyclic) bond motifs is 1. The third-order valence-corrected chi connectivity index (χ3v) is 4.45. The van der Waals surface area contributed by atoms with Crippen molar-refractivity contribution in [3.05, 3.63) is 63.6 Å². The van der Waals surface area contributed by atoms with Crippen molar-refractivity contribution in [3.8, 4) is 0 Å². The number of rotatable bonds is 3. The highest BCUT2D eigenvalue weighted by atomic mass is 79.9. The Labute approximate surface area is 132 Å². The van der Waals surface area contributed by atoms with E-state index >= 15 is 0 Å². The third-order valence-electron chi connectivity index (χ3n) is 3.75. The number of nitrogens with two attached hydrogens (primary N) is 1. The molecule has 0 spiro atoms. The van der Waals surface area contributed by atoms with Crippen molar-refractivity contribution < 1.29 is 9.53 Å². The summed E-state index contributed by atoms with van der Waals surface area (Å²) >= 11 is 3.41. The highest BCUT2D eigenvalue weighted by Crippen LogP contribution is 2.32. The van der Waals surface area contributed by atoms with Gasteiger partial charge in [0.25, 0.3) is 0 Å². The first-order chi connectivity index (χ1) is 10.1. The normalized spacial score (nSPS) is 17.3. The van der Waals surface area contributed by atoms with Gasteiger partial charge < -0.3 is 10.5 Å². The van der Waals surface area contributed by atoms with Crippen molar-refractivity contribution in [2.75, 3.05) is 12.3 Å². The van der Waals surface area contributed by atoms with E-state index in [1.165, 1.54) is 5.56 Å². The number of Topliss-reactive ketones (excluding diaryl/α,β-unsaturated/α-hetero) is 1. The SMILES string of the molecule is Nc1ccc(Br)c(C(=O)CC2OCCc3ccccc32)c1. The van der Waals surface area contributed by atoms with Gasteiger partial charge >= 0.3 is 0 Å². The fourth-order valence-electron chi connectivity index (χ4n) is 2.68. The lowest BCUT2D eigenvalue weighted by Crippen LogP contribution is -2.19. The van der Waals surface area contributed by atoms with Gasteiger partial charge in [-0.2, -0.15) is 0 Å². The molecule has 0 aliphatic carbocycles. The predicted octanol–water partition coefficient (Wildman–Crippen LogP) is 3.92. The van der Waals surface area contributed by atoms with Gasteiger partial charge in [-0.15, -0.1) is 0 Å². The van der Waals surface area contributed by atoms with Crippen LogP contribution in [0.4, 0.5) is 5.69 Å². The zero-order chi connectivity index (χ0) is 14.8. The van der Waals surface area contributed by atoms with Crippen LogP contribution in [-0.4, -0.2) is 12.4 Å². The first-order valence-corrected chi connectivity index (χ1v) is 7.72. The summed E-state index contributed by atoms with van der Waals surface area (Å²) in [7, 11) is 0. The van der Waals surface area contributed by atoms with Crippen LogP contribution in [0.2, 0.25) is 0 Å². The van der Waals surface area contributed by atoms with E-state index in [-0.39, 0.29) is 11.9 Å². The Morgan fingerprint density at radius 3 is 2.95 bits per heavy atom. The van der Waals surface area contributed by atoms with Crippen molar-refractivity contribution in [1.82, 2.24) is 0 Å². The van der Waals surface area contributed by atoms with Gasteiger partial charge in [-0.1, -0.05) is 40.2 Å². The predicted molar refractivity (Wildman–Crippen MR) is 86.3 cm³/mol. The molecule has 21 heavy (non-hydrogen) atoms. The first kappa shape index (κ1) is 14.3. The van der Waals surface area contributed by atoms with Crippen LogP contribution in [0, 0.1) is 0 Å². The fraction of sp³-hybridized carbons (Fsp3) is 0.235. The second-order valence-corrected chi connectivity index (χ2v) is 6.03. The topological polar surface area (TPSA) is 52.3 Å². The standard InChI is InChI=1S/C17H16BrNO2/c18-15-6-5-12(19)9-14(15)16(20)10-17-13-4-2-1-3-11(13)7-8-21-17/h1-6,9,17H,7-8,10,19H2. The van der Waals surface area contributed by atoms with E-state index in [9.17, 15) is 4.79 Å². The number of carbonyl (C=O) groups is 1. The zero-order valence-electron chi connectivity index (χ0n) is 11.5. The molecule has 1 heterocycles. The lowest BCUT2D eigenvalue weighted by Gasteiger charge is -2.25. The number of anilines is 1. The summed E-state index contributed by atoms with van der Waals surface area (Å²) in [5, 5.41) is 0. The van der Waals surface area contributed by atoms with Gasteiger partial charge in [-0.3, -0.25) is 4.79 Å². The minimum absolute atomic E-state index is 0.0379. The summed E-state index contributed by atoms with van der Waals surface area (Å²) in [4.78, 5) is 12.5. The van der Waals surface area contributed by atoms with E-state index < -0.39 is 0 Å². The second kappa shape index (κ2) is 6.00. The largest absolute Gasteiger partial charge is 0.399 e. The Morgan fingerprint density at radius 2 is 2.10 bits per heavy atom. The maximum absolute atomic E-state index is 12.5. The molecule has 1 aliphatic rings. The minimum Gasteiger partial charge on any atom is -0.399 e. The Morgan fingerprint density at radius 1 is 1.29 bits per heavy atom. The van der Waals surface area contributed by atoms with Crippen LogP contribution >= 0.6 is 15.9 Å². The molecule has 2 N–H and O–H groups in total. The van der Waals surface area contributed by atoms with E-state index in [0.29, 0.717) is 24.3 Å². The third kappa shape index (κ3) is 3.01. The molecule has 3 nitrogen and oxygen atoms in total. The fourth-order valence-corrected chi connectivity index (χ4v) is 3.15. The van der Waals surface area contributed by atoms with E-state index in [4.69, 9.17) is 10.5 Å². The van der Waals surface area contributed by atoms with Gasteiger partial charge in [0.05, 0.1) is 12.7 Å². The van der Waals surface area contributed by atoms with E-state index in [0.717, 1.165) is 16.5 Å². The molecule has 0 bridgehead atoms. The van der Waals surface area contributed by atoms with Crippen LogP contribution < -0.4 is 5.73 Å². The van der Waals surface area contributed by atoms with Crippen LogP contribution in [0.25, 0.3) is 0 Å². The van der Waals surface area contributed by atoms with Crippen molar-refractivity contribution >= 4 is 27.4 Å². The number of hydrogen-bond acceptors (Lipinski definition) is 3. The number of nitrogen functional groups attached to an aromatic ring is 1. The monoisotopic (exact) mass is 345 g/mol. The number of benzene rings is 2. The lowest BCUT2D eigenvalue weighted by atomic mass is 9.93. The molecule has 0 amide bonds. The molecular formula is C17H16BrNO2. The Hall–Kier alpha value is -1.65. The van der Waals surface area contributed by atoms with E-state index in [2.05, 4.69) is 22.0 Å². The van der Waals surface area contributed by atoms with Gasteiger partial charge in [-0.25, -0.2) is 0 Å². The molecule has 0 saturated heterocycles. The molecule has 1 unspecified atom stereocenters. The molecule has 0 radical (unpaired) electrons. The van der Waals surface area contributed by atoms with Crippen molar-refractivity contribution in [2.24, 2.45) is 0 Å². The maximum atomic E-state index is 12.5. The van der Waals surface area contributed by atoms with Crippen LogP contribution in [0.5, 0.6) is 0 Å². The van der Waals surface area contributed by atoms with Crippen molar-refractivity contribution in [1.29, 1.82) is 0 Å². The number of ether oxygens (including phenoxy) is 1. The second-order valence-electron chi connectivity index (χ2n) is 5.17. The molecule has 2 aromatic rings. The highest BCUT2D eigenvalue weighted by Gasteiger charge is 2.24. The summed E-state index contributed by atoms with van der Waals surface area (Å²) in [5.74, 6) is 0.0379. The minimum atomic E-state index is -0.171. The number of ketones is 1. The summed E-state index contributed by atoms with van der Waals surface area (Å²) in [6.07, 6.45) is 1.07. The average molecular weight is 346 g/mol. The smallest absolute Gasteiger partial charge is 0.167 e. The van der Waals surface area contributed by atoms with Gasteiger partial charge in [0.15, 0.2) is 5.78 Å². The summed E-state index contributed by atoms with van der Waals surface area (Å²) in [5.41, 5.74) is 9.37. The molecule has 0 saturated carbocycles. The van der Waals surface area contributed by atoms with E-state index in [1.54, 1.807) is 18.2 Å². The molecule has 1 atom stereocenters. The van der Waals surface area contributed by atoms with Crippen LogP contribution in [0.1, 0.15) is 34.0 Å². The molecule has 3 rings (SSSR count). The van der Waals surface area contributed by atoms with Crippen LogP contribution in [0.3, 0.4) is 0 Å². The van der Waals surface area contributed by atoms with E-state index in [1.807, 2.05) is 18.2 Å². The average Bonchev–Trinajstić information content (AvgIpc) is 2.50. The highest BCUT2D eigenvalue weighted by molar-refractivity contribution is 9.10. The summed E-state index contributed by atoms with van der Waals surface area (Å²) in [6.45, 7) is 0.660. The van der Waals surface area contributed by atoms with Gasteiger partial charge in [0, 0.05) is 22.1 Å². The lowest BCUT2D eigenvalue weighted by molar-refractivity contribution is 0.0351. The summed E-state index contributed by atoms with van der Waals surface area (Å²) in [6, 6.07) is 13.4. The van der Waals surface area contributed by atoms with Gasteiger partial charge in [0.2, 0.25) is 0 Å². The molecule has 108 valence electrons. The first-order valence-electron chi connectivity index (χ1n) is 6.93. The van der Waals surface area contributed by atoms with Crippen molar-refractivity contribution in [2.45, 2.75) is 18.9 Å². The molecule has 1 aliphatic heterocycles. The summed E-state index contributed by atoms with van der Waals surface area (Å²) < 4.78 is 6.57. The number of halogens is 1.